The molecule has 0 spiro atoms. The van der Waals surface area contributed by atoms with Crippen LogP contribution >= 0.6 is 0 Å². The summed E-state index contributed by atoms with van der Waals surface area (Å²) in [6.45, 7) is 9.42. The Kier molecular flexibility index (Phi) is 8.00. The van der Waals surface area contributed by atoms with Gasteiger partial charge in [-0.15, -0.1) is 13.2 Å². The standard InChI is InChI=1S/C5H16O3Si4/c1-4-11(6-9)8-12(5-2)7-10-3/h4-5,11-12H,1-2,10H2,3,9H3. The molecule has 0 aliphatic heterocycles. The summed E-state index contributed by atoms with van der Waals surface area (Å²) in [5, 5.41) is 0. The maximum absolute atomic E-state index is 5.61. The Morgan fingerprint density at radius 1 is 1.33 bits per heavy atom. The van der Waals surface area contributed by atoms with E-state index in [9.17, 15) is 0 Å². The first-order chi connectivity index (χ1) is 5.78. The number of hydrogen-bond acceptors (Lipinski definition) is 3. The van der Waals surface area contributed by atoms with Gasteiger partial charge in [-0.25, -0.2) is 0 Å². The average molecular weight is 237 g/mol. The summed E-state index contributed by atoms with van der Waals surface area (Å²) in [7, 11) is -2.87. The van der Waals surface area contributed by atoms with Crippen LogP contribution in [0.2, 0.25) is 6.55 Å². The molecule has 0 aromatic rings. The highest BCUT2D eigenvalue weighted by Gasteiger charge is 2.13. The van der Waals surface area contributed by atoms with Crippen LogP contribution in [0.3, 0.4) is 0 Å². The summed E-state index contributed by atoms with van der Waals surface area (Å²) >= 11 is 0. The van der Waals surface area contributed by atoms with Crippen molar-refractivity contribution in [3.8, 4) is 0 Å². The van der Waals surface area contributed by atoms with Gasteiger partial charge in [0.1, 0.15) is 20.2 Å². The lowest BCUT2D eigenvalue weighted by Crippen LogP contribution is -2.31. The fourth-order valence-corrected chi connectivity index (χ4v) is 7.71. The van der Waals surface area contributed by atoms with E-state index in [1.165, 1.54) is 0 Å². The molecule has 12 heavy (non-hydrogen) atoms. The van der Waals surface area contributed by atoms with Crippen LogP contribution in [-0.2, 0) is 12.3 Å². The van der Waals surface area contributed by atoms with E-state index in [0.29, 0.717) is 10.5 Å². The van der Waals surface area contributed by atoms with E-state index in [1.54, 1.807) is 11.4 Å². The van der Waals surface area contributed by atoms with Gasteiger partial charge in [0, 0.05) is 0 Å². The molecule has 0 amide bonds. The maximum Gasteiger partial charge on any atom is 0.328 e. The van der Waals surface area contributed by atoms with E-state index >= 15 is 0 Å². The first kappa shape index (κ1) is 12.2. The lowest BCUT2D eigenvalue weighted by atomic mass is 11.3. The van der Waals surface area contributed by atoms with Gasteiger partial charge in [0.2, 0.25) is 0 Å². The maximum atomic E-state index is 5.61. The zero-order valence-corrected chi connectivity index (χ0v) is 13.4. The fourth-order valence-electron chi connectivity index (χ4n) is 0.667. The van der Waals surface area contributed by atoms with Gasteiger partial charge in [0.25, 0.3) is 0 Å². The Morgan fingerprint density at radius 2 is 1.92 bits per heavy atom. The fraction of sp³-hybridized carbons (Fsp3) is 0.200. The average Bonchev–Trinajstić information content (AvgIpc) is 2.12. The van der Waals surface area contributed by atoms with Gasteiger partial charge in [-0.1, -0.05) is 17.9 Å². The zero-order chi connectivity index (χ0) is 9.40. The molecule has 0 aliphatic carbocycles. The summed E-state index contributed by atoms with van der Waals surface area (Å²) in [6.07, 6.45) is 0. The van der Waals surface area contributed by atoms with Crippen LogP contribution in [-0.4, -0.2) is 38.8 Å². The predicted octanol–water partition coefficient (Wildman–Crippen LogP) is -1.66. The largest absolute Gasteiger partial charge is 0.444 e. The van der Waals surface area contributed by atoms with E-state index in [1.807, 2.05) is 0 Å². The van der Waals surface area contributed by atoms with E-state index in [2.05, 4.69) is 19.7 Å². The molecule has 0 bridgehead atoms. The van der Waals surface area contributed by atoms with Crippen molar-refractivity contribution in [2.24, 2.45) is 0 Å². The molecule has 0 aromatic heterocycles. The van der Waals surface area contributed by atoms with Crippen LogP contribution < -0.4 is 0 Å². The van der Waals surface area contributed by atoms with Crippen LogP contribution in [0.4, 0.5) is 0 Å². The normalized spacial score (nSPS) is 16.4. The van der Waals surface area contributed by atoms with Crippen molar-refractivity contribution in [3.05, 3.63) is 24.6 Å². The molecule has 0 saturated heterocycles. The Bertz CT molecular complexity index is 143. The quantitative estimate of drug-likeness (QED) is 0.495. The van der Waals surface area contributed by atoms with Crippen molar-refractivity contribution in [2.75, 3.05) is 0 Å². The lowest BCUT2D eigenvalue weighted by Gasteiger charge is -2.16. The van der Waals surface area contributed by atoms with Crippen LogP contribution in [0.5, 0.6) is 0 Å². The molecule has 7 heteroatoms. The van der Waals surface area contributed by atoms with Crippen LogP contribution in [0.1, 0.15) is 0 Å². The SMILES string of the molecule is C=C[SiH](O[SiH3])O[SiH](C=C)O[SiH2]C. The Morgan fingerprint density at radius 3 is 2.25 bits per heavy atom. The highest BCUT2D eigenvalue weighted by Crippen LogP contribution is 1.95. The smallest absolute Gasteiger partial charge is 0.328 e. The molecule has 70 valence electrons. The molecule has 0 N–H and O–H groups in total. The van der Waals surface area contributed by atoms with Crippen LogP contribution in [0.15, 0.2) is 24.6 Å². The van der Waals surface area contributed by atoms with Crippen LogP contribution in [0, 0.1) is 0 Å². The van der Waals surface area contributed by atoms with Gasteiger partial charge < -0.3 is 12.3 Å². The topological polar surface area (TPSA) is 27.7 Å². The molecule has 0 fully saturated rings. The molecular weight excluding hydrogens is 220 g/mol. The third kappa shape index (κ3) is 4.98. The summed E-state index contributed by atoms with van der Waals surface area (Å²) in [6, 6.07) is 0. The molecule has 0 rings (SSSR count). The number of hydrogen-bond donors (Lipinski definition) is 0. The second kappa shape index (κ2) is 7.86. The van der Waals surface area contributed by atoms with Gasteiger partial charge in [0.05, 0.1) is 0 Å². The van der Waals surface area contributed by atoms with Crippen molar-refractivity contribution in [1.29, 1.82) is 0 Å². The van der Waals surface area contributed by atoms with Crippen molar-refractivity contribution in [3.63, 3.8) is 0 Å². The second-order valence-electron chi connectivity index (χ2n) is 2.04. The molecule has 2 unspecified atom stereocenters. The second-order valence-corrected chi connectivity index (χ2v) is 9.34. The van der Waals surface area contributed by atoms with E-state index in [4.69, 9.17) is 12.3 Å². The highest BCUT2D eigenvalue weighted by atomic mass is 28.4. The molecule has 0 saturated carbocycles. The highest BCUT2D eigenvalue weighted by molar-refractivity contribution is 6.68. The Labute approximate surface area is 82.6 Å². The molecule has 0 aliphatic rings. The minimum Gasteiger partial charge on any atom is -0.444 e. The minimum absolute atomic E-state index is 0.394. The van der Waals surface area contributed by atoms with Gasteiger partial charge in [-0.3, -0.25) is 0 Å². The van der Waals surface area contributed by atoms with Crippen molar-refractivity contribution >= 4 is 38.8 Å². The van der Waals surface area contributed by atoms with Crippen molar-refractivity contribution < 1.29 is 12.3 Å². The first-order valence-corrected chi connectivity index (χ1v) is 9.86. The summed E-state index contributed by atoms with van der Waals surface area (Å²) in [4.78, 5) is 0. The monoisotopic (exact) mass is 236 g/mol. The van der Waals surface area contributed by atoms with Gasteiger partial charge in [-0.05, 0) is 0 Å². The molecule has 0 radical (unpaired) electrons. The van der Waals surface area contributed by atoms with Gasteiger partial charge in [-0.2, -0.15) is 0 Å². The molecule has 0 aromatic carbocycles. The molecule has 2 atom stereocenters. The van der Waals surface area contributed by atoms with Crippen molar-refractivity contribution in [2.45, 2.75) is 6.55 Å². The van der Waals surface area contributed by atoms with E-state index < -0.39 is 28.3 Å². The summed E-state index contributed by atoms with van der Waals surface area (Å²) < 4.78 is 16.3. The van der Waals surface area contributed by atoms with Gasteiger partial charge >= 0.3 is 18.6 Å². The first-order valence-electron chi connectivity index (χ1n) is 3.83. The zero-order valence-electron chi connectivity index (χ0n) is 7.66. The van der Waals surface area contributed by atoms with Gasteiger partial charge in [0.15, 0.2) is 0 Å². The summed E-state index contributed by atoms with van der Waals surface area (Å²) in [5.41, 5.74) is 3.57. The lowest BCUT2D eigenvalue weighted by molar-refractivity contribution is 0.407. The predicted molar refractivity (Wildman–Crippen MR) is 62.3 cm³/mol. The molecule has 3 nitrogen and oxygen atoms in total. The number of rotatable bonds is 7. The van der Waals surface area contributed by atoms with E-state index in [0.717, 1.165) is 0 Å². The van der Waals surface area contributed by atoms with E-state index in [-0.39, 0.29) is 0 Å². The Hall–Kier alpha value is 0.228. The molecular formula is C5H16O3Si4. The summed E-state index contributed by atoms with van der Waals surface area (Å²) in [5.74, 6) is 0. The third-order valence-corrected chi connectivity index (χ3v) is 8.64. The minimum atomic E-state index is -1.59. The Balaban J connectivity index is 3.81. The van der Waals surface area contributed by atoms with Crippen molar-refractivity contribution in [1.82, 2.24) is 0 Å². The third-order valence-electron chi connectivity index (χ3n) is 1.22. The molecule has 0 heterocycles. The van der Waals surface area contributed by atoms with Crippen LogP contribution in [0.25, 0.3) is 0 Å².